The van der Waals surface area contributed by atoms with Gasteiger partial charge in [0.15, 0.2) is 5.82 Å². The van der Waals surface area contributed by atoms with Crippen LogP contribution in [0, 0.1) is 0 Å². The summed E-state index contributed by atoms with van der Waals surface area (Å²) in [5.41, 5.74) is 34.9. The molecule has 5 heterocycles. The lowest BCUT2D eigenvalue weighted by Gasteiger charge is -2.21. The summed E-state index contributed by atoms with van der Waals surface area (Å²) >= 11 is 0. The second kappa shape index (κ2) is 28.0. The summed E-state index contributed by atoms with van der Waals surface area (Å²) < 4.78 is 9.66. The van der Waals surface area contributed by atoms with E-state index in [-0.39, 0.29) is 10.8 Å². The number of aromatic nitrogens is 6. The van der Waals surface area contributed by atoms with Crippen LogP contribution in [0.1, 0.15) is 49.9 Å². The Morgan fingerprint density at radius 2 is 0.485 bits per heavy atom. The molecule has 28 rings (SSSR count). The first-order valence-corrected chi connectivity index (χ1v) is 45.2. The molecule has 608 valence electrons. The molecule has 0 atom stereocenters. The second-order valence-corrected chi connectivity index (χ2v) is 36.6. The Morgan fingerprint density at radius 3 is 0.954 bits per heavy atom. The van der Waals surface area contributed by atoms with Gasteiger partial charge in [-0.05, 0) is 266 Å². The van der Waals surface area contributed by atoms with Crippen molar-refractivity contribution in [2.24, 2.45) is 0 Å². The van der Waals surface area contributed by atoms with Crippen molar-refractivity contribution in [3.8, 4) is 89.6 Å². The summed E-state index contributed by atoms with van der Waals surface area (Å²) in [6, 6.07) is 155. The summed E-state index contributed by atoms with van der Waals surface area (Å²) in [6.07, 6.45) is 1.97. The first-order chi connectivity index (χ1) is 64.0. The molecule has 0 N–H and O–H groups in total. The molecular weight excluding hydrogens is 1570 g/mol. The van der Waals surface area contributed by atoms with E-state index in [1.807, 2.05) is 6.20 Å². The standard InChI is InChI=1S/C69H46N2.C55H36N4/c1-69(2)63-24-14-12-22-54(63)59-41-62-61-39-48(47-28-34-66-60(38-47)55-23-13-15-25-65(55)70(66)49-20-10-5-11-21-49)29-35-67(61)71(68(62)42-64(59)69)50-30-33-52-51-31-26-45(43-16-6-3-7-17-43)36-56(51)57-37-46(44-18-8-4-9-19-44)27-32-53(57)58(52)40-50;1-55(2)46-22-12-10-18-38(46)42-30-45-44-29-34(33-24-26-49-43(28-33)39-19-11-13-23-48(39)58(49)35-14-4-3-5-15-35)25-27-50(44)59(51(45)31-47(42)55)52-32-56-53-40-20-8-6-16-36(40)37-17-7-9-21-41(37)54(53)57-52/h3-42H,1-2H3;3-32H,1-2H3. The van der Waals surface area contributed by atoms with Crippen LogP contribution >= 0.6 is 0 Å². The molecule has 6 nitrogen and oxygen atoms in total. The van der Waals surface area contributed by atoms with Crippen molar-refractivity contribution in [2.75, 3.05) is 0 Å². The zero-order chi connectivity index (χ0) is 85.9. The van der Waals surface area contributed by atoms with Gasteiger partial charge in [0, 0.05) is 81.8 Å². The fourth-order valence-electron chi connectivity index (χ4n) is 22.8. The Hall–Kier alpha value is -16.5. The van der Waals surface area contributed by atoms with E-state index >= 15 is 0 Å². The molecule has 21 aromatic carbocycles. The predicted octanol–water partition coefficient (Wildman–Crippen LogP) is 32.8. The molecule has 2 aliphatic carbocycles. The lowest BCUT2D eigenvalue weighted by atomic mass is 9.82. The van der Waals surface area contributed by atoms with Crippen LogP contribution in [0.4, 0.5) is 0 Å². The molecule has 0 spiro atoms. The molecule has 26 aromatic rings. The minimum absolute atomic E-state index is 0.144. The van der Waals surface area contributed by atoms with E-state index in [4.69, 9.17) is 9.97 Å². The molecule has 0 unspecified atom stereocenters. The van der Waals surface area contributed by atoms with Crippen LogP contribution in [-0.4, -0.2) is 28.2 Å². The molecule has 0 saturated heterocycles. The van der Waals surface area contributed by atoms with Crippen molar-refractivity contribution >= 4 is 152 Å². The zero-order valence-electron chi connectivity index (χ0n) is 72.1. The Morgan fingerprint density at radius 1 is 0.177 bits per heavy atom. The van der Waals surface area contributed by atoms with E-state index in [9.17, 15) is 0 Å². The fraction of sp³-hybridized carbons (Fsp3) is 0.0484. The molecule has 0 bridgehead atoms. The molecule has 0 radical (unpaired) electrons. The quantitative estimate of drug-likeness (QED) is 0.142. The smallest absolute Gasteiger partial charge is 0.156 e. The Kier molecular flexibility index (Phi) is 15.9. The average molecular weight is 1660 g/mol. The largest absolute Gasteiger partial charge is 0.309 e. The van der Waals surface area contributed by atoms with E-state index in [1.165, 1.54) is 214 Å². The van der Waals surface area contributed by atoms with Gasteiger partial charge < -0.3 is 13.7 Å². The Bertz CT molecular complexity index is 9310. The summed E-state index contributed by atoms with van der Waals surface area (Å²) in [4.78, 5) is 10.8. The highest BCUT2D eigenvalue weighted by Crippen LogP contribution is 2.55. The maximum Gasteiger partial charge on any atom is 0.156 e. The van der Waals surface area contributed by atoms with E-state index in [0.29, 0.717) is 0 Å². The highest BCUT2D eigenvalue weighted by Gasteiger charge is 2.39. The van der Waals surface area contributed by atoms with Crippen molar-refractivity contribution < 1.29 is 0 Å². The van der Waals surface area contributed by atoms with Gasteiger partial charge >= 0.3 is 0 Å². The van der Waals surface area contributed by atoms with Crippen LogP contribution in [0.5, 0.6) is 0 Å². The molecule has 130 heavy (non-hydrogen) atoms. The summed E-state index contributed by atoms with van der Waals surface area (Å²) in [6.45, 7) is 9.48. The number of hydrogen-bond donors (Lipinski definition) is 0. The zero-order valence-corrected chi connectivity index (χ0v) is 72.1. The average Bonchev–Trinajstić information content (AvgIpc) is 1.52. The highest BCUT2D eigenvalue weighted by atomic mass is 15.1. The Balaban J connectivity index is 0.000000136. The molecule has 0 amide bonds. The lowest BCUT2D eigenvalue weighted by molar-refractivity contribution is 0.661. The van der Waals surface area contributed by atoms with Gasteiger partial charge in [0.2, 0.25) is 0 Å². The Labute approximate surface area is 750 Å². The van der Waals surface area contributed by atoms with Crippen LogP contribution in [0.15, 0.2) is 425 Å². The van der Waals surface area contributed by atoms with Gasteiger partial charge in [0.1, 0.15) is 0 Å². The normalized spacial score (nSPS) is 13.2. The number of nitrogens with zero attached hydrogens (tertiary/aromatic N) is 6. The van der Waals surface area contributed by atoms with E-state index in [1.54, 1.807) is 0 Å². The van der Waals surface area contributed by atoms with Gasteiger partial charge in [0.25, 0.3) is 0 Å². The molecule has 6 heteroatoms. The number of benzene rings is 21. The first kappa shape index (κ1) is 73.8. The lowest BCUT2D eigenvalue weighted by Crippen LogP contribution is -2.15. The van der Waals surface area contributed by atoms with Crippen molar-refractivity contribution in [1.29, 1.82) is 0 Å². The predicted molar refractivity (Wildman–Crippen MR) is 548 cm³/mol. The summed E-state index contributed by atoms with van der Waals surface area (Å²) in [5.74, 6) is 0.814. The molecule has 0 aliphatic heterocycles. The van der Waals surface area contributed by atoms with Crippen LogP contribution in [0.2, 0.25) is 0 Å². The van der Waals surface area contributed by atoms with Crippen molar-refractivity contribution in [3.05, 3.63) is 447 Å². The van der Waals surface area contributed by atoms with E-state index in [2.05, 4.69) is 465 Å². The van der Waals surface area contributed by atoms with Gasteiger partial charge in [-0.3, -0.25) is 9.55 Å². The third-order valence-electron chi connectivity index (χ3n) is 29.0. The van der Waals surface area contributed by atoms with Gasteiger partial charge in [0.05, 0.1) is 61.4 Å². The summed E-state index contributed by atoms with van der Waals surface area (Å²) in [5, 5.41) is 22.1. The molecule has 2 aliphatic rings. The minimum Gasteiger partial charge on any atom is -0.309 e. The van der Waals surface area contributed by atoms with E-state index in [0.717, 1.165) is 50.0 Å². The van der Waals surface area contributed by atoms with Gasteiger partial charge in [-0.1, -0.05) is 313 Å². The number of hydrogen-bond acceptors (Lipinski definition) is 2. The van der Waals surface area contributed by atoms with Crippen LogP contribution in [-0.2, 0) is 10.8 Å². The maximum atomic E-state index is 5.53. The van der Waals surface area contributed by atoms with Crippen molar-refractivity contribution in [1.82, 2.24) is 28.2 Å². The summed E-state index contributed by atoms with van der Waals surface area (Å²) in [7, 11) is 0. The molecular formula is C124H82N6. The van der Waals surface area contributed by atoms with E-state index < -0.39 is 0 Å². The molecule has 0 saturated carbocycles. The highest BCUT2D eigenvalue weighted by molar-refractivity contribution is 6.28. The SMILES string of the molecule is CC1(C)c2ccccc2-c2cc3c4cc(-c5ccc6c(c5)c5ccccc5n6-c5ccccc5)ccc4n(-c4ccc5c6ccc(-c7ccccc7)cc6c6cc(-c7ccccc7)ccc6c5c4)c3cc21.CC1(C)c2ccccc2-c2cc3c4cc(-c5ccc6c(c5)c5ccccc5n6-c5ccccc5)ccc4n(-c4cnc5c6ccccc6c6ccccc6c5n4)c3cc21. The van der Waals surface area contributed by atoms with Gasteiger partial charge in [-0.2, -0.15) is 0 Å². The monoisotopic (exact) mass is 1650 g/mol. The molecule has 5 aromatic heterocycles. The van der Waals surface area contributed by atoms with Gasteiger partial charge in [-0.15, -0.1) is 0 Å². The fourth-order valence-corrected chi connectivity index (χ4v) is 22.8. The van der Waals surface area contributed by atoms with Crippen LogP contribution in [0.25, 0.3) is 242 Å². The third-order valence-corrected chi connectivity index (χ3v) is 29.0. The minimum atomic E-state index is -0.148. The van der Waals surface area contributed by atoms with Crippen LogP contribution in [0.3, 0.4) is 0 Å². The van der Waals surface area contributed by atoms with Crippen molar-refractivity contribution in [2.45, 2.75) is 38.5 Å². The van der Waals surface area contributed by atoms with Crippen molar-refractivity contribution in [3.63, 3.8) is 0 Å². The number of rotatable bonds is 8. The van der Waals surface area contributed by atoms with Crippen LogP contribution < -0.4 is 0 Å². The molecule has 0 fully saturated rings. The third kappa shape index (κ3) is 10.9. The first-order valence-electron chi connectivity index (χ1n) is 45.2. The maximum absolute atomic E-state index is 5.53. The topological polar surface area (TPSA) is 45.5 Å². The number of para-hydroxylation sites is 4. The number of fused-ring (bicyclic) bond motifs is 30. The van der Waals surface area contributed by atoms with Gasteiger partial charge in [-0.25, -0.2) is 4.98 Å². The second-order valence-electron chi connectivity index (χ2n) is 36.6.